The second-order valence-electron chi connectivity index (χ2n) is 9.03. The Bertz CT molecular complexity index is 950. The van der Waals surface area contributed by atoms with Crippen molar-refractivity contribution in [3.8, 4) is 6.07 Å². The summed E-state index contributed by atoms with van der Waals surface area (Å²) >= 11 is 0. The number of nitriles is 1. The van der Waals surface area contributed by atoms with Gasteiger partial charge in [-0.05, 0) is 45.9 Å². The molecule has 6 nitrogen and oxygen atoms in total. The van der Waals surface area contributed by atoms with Gasteiger partial charge in [0.15, 0.2) is 0 Å². The highest BCUT2D eigenvalue weighted by atomic mass is 19.4. The molecule has 0 aliphatic carbocycles. The van der Waals surface area contributed by atoms with Gasteiger partial charge in [-0.1, -0.05) is 0 Å². The van der Waals surface area contributed by atoms with E-state index in [1.165, 1.54) is 12.1 Å². The molecule has 0 saturated carbocycles. The van der Waals surface area contributed by atoms with Crippen LogP contribution in [0.3, 0.4) is 0 Å². The van der Waals surface area contributed by atoms with Crippen LogP contribution in [0.5, 0.6) is 0 Å². The van der Waals surface area contributed by atoms with E-state index in [1.807, 2.05) is 13.8 Å². The number of hydrogen-bond acceptors (Lipinski definition) is 5. The lowest BCUT2D eigenvalue weighted by Gasteiger charge is -2.46. The second-order valence-corrected chi connectivity index (χ2v) is 9.03. The summed E-state index contributed by atoms with van der Waals surface area (Å²) in [5, 5.41) is 9.00. The number of imide groups is 1. The SMILES string of the molecule is CC(C)N1CC2(C)OC(C)(C1)C1C(=O)N(c3ccc(C#N)c(C(F)(F)F)c3)C(=O)C12. The zero-order valence-electron chi connectivity index (χ0n) is 17.1. The molecule has 4 unspecified atom stereocenters. The van der Waals surface area contributed by atoms with E-state index >= 15 is 0 Å². The molecular formula is C21H22F3N3O3. The van der Waals surface area contributed by atoms with Crippen molar-refractivity contribution in [1.29, 1.82) is 5.26 Å². The van der Waals surface area contributed by atoms with E-state index in [4.69, 9.17) is 10.00 Å². The highest BCUT2D eigenvalue weighted by Gasteiger charge is 2.71. The number of alkyl halides is 3. The van der Waals surface area contributed by atoms with Crippen LogP contribution in [0.25, 0.3) is 0 Å². The molecule has 1 aromatic carbocycles. The van der Waals surface area contributed by atoms with E-state index in [-0.39, 0.29) is 11.7 Å². The van der Waals surface area contributed by atoms with Gasteiger partial charge in [0.05, 0.1) is 45.9 Å². The van der Waals surface area contributed by atoms with Gasteiger partial charge in [-0.3, -0.25) is 14.5 Å². The summed E-state index contributed by atoms with van der Waals surface area (Å²) in [5.74, 6) is -2.66. The van der Waals surface area contributed by atoms with Crippen molar-refractivity contribution in [3.63, 3.8) is 0 Å². The van der Waals surface area contributed by atoms with E-state index in [9.17, 15) is 22.8 Å². The first-order chi connectivity index (χ1) is 13.8. The summed E-state index contributed by atoms with van der Waals surface area (Å²) in [5.41, 5.74) is -3.72. The minimum Gasteiger partial charge on any atom is -0.365 e. The fourth-order valence-electron chi connectivity index (χ4n) is 5.31. The third-order valence-electron chi connectivity index (χ3n) is 6.54. The average Bonchev–Trinajstić information content (AvgIpc) is 3.00. The summed E-state index contributed by atoms with van der Waals surface area (Å²) in [6.45, 7) is 8.54. The summed E-state index contributed by atoms with van der Waals surface area (Å²) in [6, 6.07) is 4.62. The van der Waals surface area contributed by atoms with Crippen LogP contribution >= 0.6 is 0 Å². The second kappa shape index (κ2) is 6.28. The number of halogens is 3. The van der Waals surface area contributed by atoms with Gasteiger partial charge in [-0.25, -0.2) is 4.90 Å². The van der Waals surface area contributed by atoms with Crippen LogP contribution in [0.15, 0.2) is 18.2 Å². The van der Waals surface area contributed by atoms with E-state index in [0.717, 1.165) is 11.0 Å². The molecule has 3 fully saturated rings. The van der Waals surface area contributed by atoms with Gasteiger partial charge in [-0.15, -0.1) is 0 Å². The number of morpholine rings is 1. The molecule has 9 heteroatoms. The zero-order chi connectivity index (χ0) is 22.2. The number of hydrogen-bond donors (Lipinski definition) is 0. The smallest absolute Gasteiger partial charge is 0.365 e. The molecule has 3 saturated heterocycles. The normalized spacial score (nSPS) is 33.9. The summed E-state index contributed by atoms with van der Waals surface area (Å²) in [6.07, 6.45) is -4.78. The molecule has 0 radical (unpaired) electrons. The number of carbonyl (C=O) groups is 2. The van der Waals surface area contributed by atoms with Gasteiger partial charge in [0.2, 0.25) is 11.8 Å². The lowest BCUT2D eigenvalue weighted by molar-refractivity contribution is -0.173. The lowest BCUT2D eigenvalue weighted by atomic mass is 9.79. The maximum absolute atomic E-state index is 13.4. The molecule has 4 rings (SSSR count). The maximum Gasteiger partial charge on any atom is 0.417 e. The maximum atomic E-state index is 13.4. The first-order valence-electron chi connectivity index (χ1n) is 9.76. The Balaban J connectivity index is 1.77. The molecule has 0 aromatic heterocycles. The lowest BCUT2D eigenvalue weighted by Crippen LogP contribution is -2.59. The molecule has 1 aromatic rings. The first-order valence-corrected chi connectivity index (χ1v) is 9.76. The first kappa shape index (κ1) is 20.8. The monoisotopic (exact) mass is 421 g/mol. The minimum absolute atomic E-state index is 0.170. The molecule has 4 atom stereocenters. The number of nitrogens with zero attached hydrogens (tertiary/aromatic N) is 3. The minimum atomic E-state index is -4.78. The van der Waals surface area contributed by atoms with Crippen molar-refractivity contribution in [2.45, 2.75) is 51.1 Å². The van der Waals surface area contributed by atoms with Crippen molar-refractivity contribution in [2.24, 2.45) is 11.8 Å². The number of amides is 2. The Hall–Kier alpha value is -2.44. The number of rotatable bonds is 2. The van der Waals surface area contributed by atoms with Crippen LogP contribution in [-0.4, -0.2) is 47.0 Å². The Kier molecular flexibility index (Phi) is 4.36. The summed E-state index contributed by atoms with van der Waals surface area (Å²) in [7, 11) is 0. The number of likely N-dealkylation sites (tertiary alicyclic amines) is 1. The number of fused-ring (bicyclic) bond motifs is 5. The molecule has 2 bridgehead atoms. The van der Waals surface area contributed by atoms with Gasteiger partial charge < -0.3 is 4.74 Å². The van der Waals surface area contributed by atoms with Crippen LogP contribution < -0.4 is 4.90 Å². The van der Waals surface area contributed by atoms with Gasteiger partial charge in [0.25, 0.3) is 0 Å². The van der Waals surface area contributed by atoms with Gasteiger partial charge in [0.1, 0.15) is 0 Å². The fourth-order valence-corrected chi connectivity index (χ4v) is 5.31. The van der Waals surface area contributed by atoms with Crippen molar-refractivity contribution in [2.75, 3.05) is 18.0 Å². The number of carbonyl (C=O) groups excluding carboxylic acids is 2. The van der Waals surface area contributed by atoms with E-state index < -0.39 is 52.2 Å². The summed E-state index contributed by atoms with van der Waals surface area (Å²) in [4.78, 5) is 29.7. The molecule has 0 N–H and O–H groups in total. The molecule has 2 amide bonds. The zero-order valence-corrected chi connectivity index (χ0v) is 17.1. The van der Waals surface area contributed by atoms with Crippen molar-refractivity contribution in [3.05, 3.63) is 29.3 Å². The topological polar surface area (TPSA) is 73.6 Å². The Morgan fingerprint density at radius 2 is 1.67 bits per heavy atom. The molecule has 30 heavy (non-hydrogen) atoms. The van der Waals surface area contributed by atoms with E-state index in [1.54, 1.807) is 13.8 Å². The molecule has 3 aliphatic rings. The number of anilines is 1. The number of ether oxygens (including phenoxy) is 1. The Morgan fingerprint density at radius 1 is 1.13 bits per heavy atom. The highest BCUT2D eigenvalue weighted by molar-refractivity contribution is 6.23. The predicted molar refractivity (Wildman–Crippen MR) is 100 cm³/mol. The third-order valence-corrected chi connectivity index (χ3v) is 6.54. The molecular weight excluding hydrogens is 399 g/mol. The van der Waals surface area contributed by atoms with Crippen LogP contribution in [0.2, 0.25) is 0 Å². The Morgan fingerprint density at radius 3 is 2.10 bits per heavy atom. The van der Waals surface area contributed by atoms with Crippen LogP contribution in [0.1, 0.15) is 38.8 Å². The van der Waals surface area contributed by atoms with Gasteiger partial charge in [0, 0.05) is 19.1 Å². The summed E-state index contributed by atoms with van der Waals surface area (Å²) < 4.78 is 46.4. The highest BCUT2D eigenvalue weighted by Crippen LogP contribution is 2.55. The predicted octanol–water partition coefficient (Wildman–Crippen LogP) is 2.95. The molecule has 3 heterocycles. The third kappa shape index (κ3) is 2.77. The molecule has 3 aliphatic heterocycles. The van der Waals surface area contributed by atoms with Gasteiger partial charge in [-0.2, -0.15) is 18.4 Å². The van der Waals surface area contributed by atoms with E-state index in [2.05, 4.69) is 4.90 Å². The largest absolute Gasteiger partial charge is 0.417 e. The Labute approximate surface area is 172 Å². The van der Waals surface area contributed by atoms with Crippen LogP contribution in [0.4, 0.5) is 18.9 Å². The van der Waals surface area contributed by atoms with Gasteiger partial charge >= 0.3 is 6.18 Å². The number of benzene rings is 1. The van der Waals surface area contributed by atoms with Crippen molar-refractivity contribution >= 4 is 17.5 Å². The van der Waals surface area contributed by atoms with E-state index in [0.29, 0.717) is 19.2 Å². The average molecular weight is 421 g/mol. The quantitative estimate of drug-likeness (QED) is 0.687. The standard InChI is InChI=1S/C21H22F3N3O3/c1-11(2)26-9-19(3)15-16(20(4,10-26)30-19)18(29)27(17(15)28)13-6-5-12(8-25)14(7-13)21(22,23)24/h5-7,11,15-16H,9-10H2,1-4H3. The van der Waals surface area contributed by atoms with Crippen LogP contribution in [-0.2, 0) is 20.5 Å². The van der Waals surface area contributed by atoms with Crippen LogP contribution in [0, 0.1) is 23.2 Å². The van der Waals surface area contributed by atoms with Crippen molar-refractivity contribution in [1.82, 2.24) is 4.90 Å². The molecule has 160 valence electrons. The molecule has 0 spiro atoms. The fraction of sp³-hybridized carbons (Fsp3) is 0.571. The van der Waals surface area contributed by atoms with Crippen molar-refractivity contribution < 1.29 is 27.5 Å².